The summed E-state index contributed by atoms with van der Waals surface area (Å²) in [4.78, 5) is 10.5. The topological polar surface area (TPSA) is 55.2 Å². The Morgan fingerprint density at radius 3 is 2.48 bits per heavy atom. The van der Waals surface area contributed by atoms with Crippen LogP contribution >= 0.6 is 0 Å². The molecule has 0 spiro atoms. The van der Waals surface area contributed by atoms with Crippen LogP contribution in [0.15, 0.2) is 36.4 Å². The van der Waals surface area contributed by atoms with Crippen LogP contribution in [-0.2, 0) is 0 Å². The average molecular weight is 288 g/mol. The van der Waals surface area contributed by atoms with E-state index in [4.69, 9.17) is 0 Å². The minimum absolute atomic E-state index is 0.0941. The molecule has 0 saturated heterocycles. The van der Waals surface area contributed by atoms with E-state index in [1.165, 1.54) is 12.1 Å². The van der Waals surface area contributed by atoms with Crippen LogP contribution in [0.3, 0.4) is 0 Å². The molecule has 1 unspecified atom stereocenters. The average Bonchev–Trinajstić information content (AvgIpc) is 2.42. The van der Waals surface area contributed by atoms with Crippen molar-refractivity contribution in [3.8, 4) is 0 Å². The number of nitro groups is 1. The lowest BCUT2D eigenvalue weighted by Crippen LogP contribution is -2.10. The first kappa shape index (κ1) is 15.0. The quantitative estimate of drug-likeness (QED) is 0.664. The Balaban J connectivity index is 2.30. The molecule has 2 rings (SSSR count). The van der Waals surface area contributed by atoms with Crippen LogP contribution < -0.4 is 5.32 Å². The van der Waals surface area contributed by atoms with Gasteiger partial charge in [-0.1, -0.05) is 18.2 Å². The molecule has 0 aliphatic carbocycles. The summed E-state index contributed by atoms with van der Waals surface area (Å²) < 4.78 is 13.8. The van der Waals surface area contributed by atoms with Gasteiger partial charge in [-0.05, 0) is 38.5 Å². The zero-order chi connectivity index (χ0) is 15.6. The summed E-state index contributed by atoms with van der Waals surface area (Å²) in [6.45, 7) is 5.34. The van der Waals surface area contributed by atoms with Gasteiger partial charge in [-0.25, -0.2) is 4.39 Å². The number of anilines is 1. The highest BCUT2D eigenvalue weighted by Gasteiger charge is 2.16. The second-order valence-corrected chi connectivity index (χ2v) is 5.10. The summed E-state index contributed by atoms with van der Waals surface area (Å²) in [5.74, 6) is -0.270. The Morgan fingerprint density at radius 2 is 1.86 bits per heavy atom. The normalized spacial score (nSPS) is 12.0. The molecule has 0 aliphatic heterocycles. The van der Waals surface area contributed by atoms with Gasteiger partial charge in [0.15, 0.2) is 0 Å². The third-order valence-electron chi connectivity index (χ3n) is 3.48. The van der Waals surface area contributed by atoms with Gasteiger partial charge in [-0.3, -0.25) is 10.1 Å². The first-order chi connectivity index (χ1) is 9.90. The zero-order valence-electron chi connectivity index (χ0n) is 12.2. The van der Waals surface area contributed by atoms with Gasteiger partial charge < -0.3 is 5.32 Å². The Bertz CT molecular complexity index is 686. The molecular weight excluding hydrogens is 271 g/mol. The third kappa shape index (κ3) is 3.18. The largest absolute Gasteiger partial charge is 0.378 e. The second kappa shape index (κ2) is 5.91. The SMILES string of the molecule is Cc1cc([N+](=O)[O-])c(C)cc1NC(C)c1ccccc1F. The first-order valence-electron chi connectivity index (χ1n) is 6.66. The number of nitro benzene ring substituents is 1. The minimum Gasteiger partial charge on any atom is -0.378 e. The smallest absolute Gasteiger partial charge is 0.272 e. The summed E-state index contributed by atoms with van der Waals surface area (Å²) >= 11 is 0. The summed E-state index contributed by atoms with van der Waals surface area (Å²) in [7, 11) is 0. The molecule has 4 nitrogen and oxygen atoms in total. The predicted molar refractivity (Wildman–Crippen MR) is 81.0 cm³/mol. The monoisotopic (exact) mass is 288 g/mol. The summed E-state index contributed by atoms with van der Waals surface area (Å²) in [6, 6.07) is 9.60. The van der Waals surface area contributed by atoms with E-state index in [1.54, 1.807) is 38.1 Å². The second-order valence-electron chi connectivity index (χ2n) is 5.10. The van der Waals surface area contributed by atoms with Gasteiger partial charge in [0.2, 0.25) is 0 Å². The number of aryl methyl sites for hydroxylation is 2. The van der Waals surface area contributed by atoms with Crippen molar-refractivity contribution >= 4 is 11.4 Å². The van der Waals surface area contributed by atoms with E-state index < -0.39 is 4.92 Å². The maximum absolute atomic E-state index is 13.8. The van der Waals surface area contributed by atoms with Crippen LogP contribution in [-0.4, -0.2) is 4.92 Å². The first-order valence-corrected chi connectivity index (χ1v) is 6.66. The van der Waals surface area contributed by atoms with Crippen LogP contribution in [0.5, 0.6) is 0 Å². The molecule has 0 amide bonds. The molecule has 0 fully saturated rings. The third-order valence-corrected chi connectivity index (χ3v) is 3.48. The number of rotatable bonds is 4. The molecule has 0 saturated carbocycles. The van der Waals surface area contributed by atoms with Crippen molar-refractivity contribution in [1.29, 1.82) is 0 Å². The molecule has 0 aliphatic rings. The lowest BCUT2D eigenvalue weighted by atomic mass is 10.0. The molecule has 0 radical (unpaired) electrons. The highest BCUT2D eigenvalue weighted by Crippen LogP contribution is 2.29. The number of hydrogen-bond acceptors (Lipinski definition) is 3. The molecule has 0 aromatic heterocycles. The van der Waals surface area contributed by atoms with E-state index in [2.05, 4.69) is 5.32 Å². The van der Waals surface area contributed by atoms with E-state index in [9.17, 15) is 14.5 Å². The highest BCUT2D eigenvalue weighted by atomic mass is 19.1. The van der Waals surface area contributed by atoms with Crippen molar-refractivity contribution in [1.82, 2.24) is 0 Å². The predicted octanol–water partition coefficient (Wildman–Crippen LogP) is 4.52. The Labute approximate surface area is 122 Å². The summed E-state index contributed by atoms with van der Waals surface area (Å²) in [6.07, 6.45) is 0. The zero-order valence-corrected chi connectivity index (χ0v) is 12.2. The molecule has 2 aromatic carbocycles. The number of halogens is 1. The maximum atomic E-state index is 13.8. The van der Waals surface area contributed by atoms with Crippen LogP contribution in [0.1, 0.15) is 29.7 Å². The summed E-state index contributed by atoms with van der Waals surface area (Å²) in [5.41, 5.74) is 2.77. The van der Waals surface area contributed by atoms with E-state index in [0.29, 0.717) is 11.1 Å². The van der Waals surface area contributed by atoms with Gasteiger partial charge in [-0.2, -0.15) is 0 Å². The summed E-state index contributed by atoms with van der Waals surface area (Å²) in [5, 5.41) is 14.1. The number of nitrogens with one attached hydrogen (secondary N) is 1. The molecule has 0 heterocycles. The van der Waals surface area contributed by atoms with Gasteiger partial charge in [0.1, 0.15) is 5.82 Å². The van der Waals surface area contributed by atoms with Crippen LogP contribution in [0.25, 0.3) is 0 Å². The fourth-order valence-corrected chi connectivity index (χ4v) is 2.29. The lowest BCUT2D eigenvalue weighted by molar-refractivity contribution is -0.385. The Kier molecular flexibility index (Phi) is 4.21. The van der Waals surface area contributed by atoms with Gasteiger partial charge >= 0.3 is 0 Å². The lowest BCUT2D eigenvalue weighted by Gasteiger charge is -2.18. The van der Waals surface area contributed by atoms with Crippen LogP contribution in [0.4, 0.5) is 15.8 Å². The van der Waals surface area contributed by atoms with Crippen molar-refractivity contribution < 1.29 is 9.31 Å². The van der Waals surface area contributed by atoms with Crippen molar-refractivity contribution in [3.63, 3.8) is 0 Å². The molecular formula is C16H17FN2O2. The Hall–Kier alpha value is -2.43. The standard InChI is InChI=1S/C16H17FN2O2/c1-10-9-16(19(20)21)11(2)8-15(10)18-12(3)13-6-4-5-7-14(13)17/h4-9,12,18H,1-3H3. The Morgan fingerprint density at radius 1 is 1.19 bits per heavy atom. The van der Waals surface area contributed by atoms with Crippen molar-refractivity contribution in [2.24, 2.45) is 0 Å². The van der Waals surface area contributed by atoms with E-state index in [1.807, 2.05) is 6.92 Å². The van der Waals surface area contributed by atoms with Crippen molar-refractivity contribution in [2.75, 3.05) is 5.32 Å². The number of benzene rings is 2. The molecule has 110 valence electrons. The van der Waals surface area contributed by atoms with E-state index in [0.717, 1.165) is 11.3 Å². The van der Waals surface area contributed by atoms with Gasteiger partial charge in [0.25, 0.3) is 5.69 Å². The van der Waals surface area contributed by atoms with Gasteiger partial charge in [0.05, 0.1) is 11.0 Å². The van der Waals surface area contributed by atoms with Gasteiger partial charge in [0, 0.05) is 22.9 Å². The van der Waals surface area contributed by atoms with E-state index in [-0.39, 0.29) is 17.5 Å². The molecule has 2 aromatic rings. The minimum atomic E-state index is -0.396. The molecule has 21 heavy (non-hydrogen) atoms. The number of hydrogen-bond donors (Lipinski definition) is 1. The van der Waals surface area contributed by atoms with Gasteiger partial charge in [-0.15, -0.1) is 0 Å². The molecule has 5 heteroatoms. The molecule has 0 bridgehead atoms. The fraction of sp³-hybridized carbons (Fsp3) is 0.250. The fourth-order valence-electron chi connectivity index (χ4n) is 2.29. The maximum Gasteiger partial charge on any atom is 0.272 e. The number of nitrogens with zero attached hydrogens (tertiary/aromatic N) is 1. The van der Waals surface area contributed by atoms with Crippen molar-refractivity contribution in [3.05, 3.63) is 69.0 Å². The van der Waals surface area contributed by atoms with Crippen LogP contribution in [0, 0.1) is 29.8 Å². The van der Waals surface area contributed by atoms with Crippen molar-refractivity contribution in [2.45, 2.75) is 26.8 Å². The molecule has 1 atom stereocenters. The van der Waals surface area contributed by atoms with Crippen LogP contribution in [0.2, 0.25) is 0 Å². The molecule has 1 N–H and O–H groups in total. The van der Waals surface area contributed by atoms with E-state index >= 15 is 0 Å². The highest BCUT2D eigenvalue weighted by molar-refractivity contribution is 5.60.